The number of carbonyl (C=O) groups is 2. The number of nitrogens with zero attached hydrogens (tertiary/aromatic N) is 1. The third kappa shape index (κ3) is 3.07. The maximum Gasteiger partial charge on any atom is 0.221 e. The monoisotopic (exact) mass is 250 g/mol. The Kier molecular flexibility index (Phi) is 4.42. The lowest BCUT2D eigenvalue weighted by Crippen LogP contribution is -2.13. The molecule has 1 aromatic carbocycles. The summed E-state index contributed by atoms with van der Waals surface area (Å²) in [6.07, 6.45) is 0. The fraction of sp³-hybridized carbons (Fsp3) is 0.250. The van der Waals surface area contributed by atoms with Crippen LogP contribution >= 0.6 is 0 Å². The number of amides is 1. The van der Waals surface area contributed by atoms with Crippen molar-refractivity contribution in [2.45, 2.75) is 13.8 Å². The van der Waals surface area contributed by atoms with Crippen molar-refractivity contribution >= 4 is 23.1 Å². The Hall–Kier alpha value is -2.37. The van der Waals surface area contributed by atoms with Crippen LogP contribution in [0.4, 0.5) is 5.69 Å². The summed E-state index contributed by atoms with van der Waals surface area (Å²) >= 11 is 0. The Bertz CT molecular complexity index is 509. The zero-order valence-electron chi connectivity index (χ0n) is 10.4. The third-order valence-corrected chi connectivity index (χ3v) is 2.22. The van der Waals surface area contributed by atoms with Crippen molar-refractivity contribution in [2.24, 2.45) is 5.16 Å². The SMILES string of the molecule is COc1cc(C(=NO)C(C)=O)ccc1NC(C)=O. The first-order chi connectivity index (χ1) is 8.49. The van der Waals surface area contributed by atoms with Gasteiger partial charge in [0.25, 0.3) is 0 Å². The number of ether oxygens (including phenoxy) is 1. The molecule has 18 heavy (non-hydrogen) atoms. The largest absolute Gasteiger partial charge is 0.495 e. The summed E-state index contributed by atoms with van der Waals surface area (Å²) in [6.45, 7) is 2.67. The topological polar surface area (TPSA) is 88.0 Å². The normalized spacial score (nSPS) is 10.9. The van der Waals surface area contributed by atoms with Crippen LogP contribution in [0, 0.1) is 0 Å². The molecule has 0 aliphatic carbocycles. The van der Waals surface area contributed by atoms with Crippen LogP contribution in [0.3, 0.4) is 0 Å². The van der Waals surface area contributed by atoms with Crippen molar-refractivity contribution in [3.05, 3.63) is 23.8 Å². The van der Waals surface area contributed by atoms with Gasteiger partial charge in [-0.2, -0.15) is 0 Å². The minimum Gasteiger partial charge on any atom is -0.495 e. The summed E-state index contributed by atoms with van der Waals surface area (Å²) in [5, 5.41) is 14.3. The zero-order chi connectivity index (χ0) is 13.7. The molecule has 2 N–H and O–H groups in total. The molecular weight excluding hydrogens is 236 g/mol. The number of hydrogen-bond donors (Lipinski definition) is 2. The minimum absolute atomic E-state index is 0.0670. The van der Waals surface area contributed by atoms with Gasteiger partial charge in [0.15, 0.2) is 11.5 Å². The Labute approximate surface area is 104 Å². The minimum atomic E-state index is -0.369. The Morgan fingerprint density at radius 3 is 2.44 bits per heavy atom. The van der Waals surface area contributed by atoms with E-state index in [-0.39, 0.29) is 17.4 Å². The molecule has 1 amide bonds. The number of ketones is 1. The van der Waals surface area contributed by atoms with E-state index in [2.05, 4.69) is 10.5 Å². The Morgan fingerprint density at radius 1 is 1.33 bits per heavy atom. The lowest BCUT2D eigenvalue weighted by atomic mass is 10.1. The van der Waals surface area contributed by atoms with Crippen molar-refractivity contribution in [3.63, 3.8) is 0 Å². The molecule has 0 spiro atoms. The van der Waals surface area contributed by atoms with Gasteiger partial charge in [-0.15, -0.1) is 0 Å². The third-order valence-electron chi connectivity index (χ3n) is 2.22. The number of carbonyl (C=O) groups excluding carboxylic acids is 2. The molecule has 0 atom stereocenters. The molecule has 6 heteroatoms. The molecule has 0 heterocycles. The van der Waals surface area contributed by atoms with E-state index in [4.69, 9.17) is 9.94 Å². The van der Waals surface area contributed by atoms with E-state index in [1.807, 2.05) is 0 Å². The van der Waals surface area contributed by atoms with E-state index in [1.165, 1.54) is 27.0 Å². The summed E-state index contributed by atoms with van der Waals surface area (Å²) in [6, 6.07) is 4.65. The molecular formula is C12H14N2O4. The second-order valence-corrected chi connectivity index (χ2v) is 3.60. The number of nitrogens with one attached hydrogen (secondary N) is 1. The molecule has 0 saturated heterocycles. The number of oxime groups is 1. The second kappa shape index (κ2) is 5.81. The highest BCUT2D eigenvalue weighted by molar-refractivity contribution is 6.45. The molecule has 0 aliphatic heterocycles. The number of Topliss-reactive ketones (excluding diaryl/α,β-unsaturated/α-hetero) is 1. The molecule has 0 aromatic heterocycles. The van der Waals surface area contributed by atoms with E-state index in [9.17, 15) is 9.59 Å². The first-order valence-corrected chi connectivity index (χ1v) is 5.18. The predicted octanol–water partition coefficient (Wildman–Crippen LogP) is 1.42. The fourth-order valence-electron chi connectivity index (χ4n) is 1.46. The van der Waals surface area contributed by atoms with Crippen LogP contribution in [-0.2, 0) is 9.59 Å². The summed E-state index contributed by atoms with van der Waals surface area (Å²) in [7, 11) is 1.44. The maximum absolute atomic E-state index is 11.2. The molecule has 0 unspecified atom stereocenters. The van der Waals surface area contributed by atoms with Crippen LogP contribution in [0.5, 0.6) is 5.75 Å². The van der Waals surface area contributed by atoms with Crippen LogP contribution in [0.2, 0.25) is 0 Å². The van der Waals surface area contributed by atoms with E-state index in [0.29, 0.717) is 17.0 Å². The molecule has 0 bridgehead atoms. The van der Waals surface area contributed by atoms with Crippen molar-refractivity contribution < 1.29 is 19.5 Å². The summed E-state index contributed by atoms with van der Waals surface area (Å²) in [5.74, 6) is -0.222. The van der Waals surface area contributed by atoms with Crippen LogP contribution < -0.4 is 10.1 Å². The zero-order valence-corrected chi connectivity index (χ0v) is 10.4. The van der Waals surface area contributed by atoms with Crippen LogP contribution in [0.1, 0.15) is 19.4 Å². The van der Waals surface area contributed by atoms with E-state index < -0.39 is 0 Å². The van der Waals surface area contributed by atoms with Gasteiger partial charge in [0.2, 0.25) is 5.91 Å². The smallest absolute Gasteiger partial charge is 0.221 e. The molecule has 0 radical (unpaired) electrons. The van der Waals surface area contributed by atoms with Gasteiger partial charge in [0.1, 0.15) is 5.75 Å². The van der Waals surface area contributed by atoms with Crippen LogP contribution in [0.15, 0.2) is 23.4 Å². The fourth-order valence-corrected chi connectivity index (χ4v) is 1.46. The highest BCUT2D eigenvalue weighted by Crippen LogP contribution is 2.26. The summed E-state index contributed by atoms with van der Waals surface area (Å²) in [4.78, 5) is 22.2. The van der Waals surface area contributed by atoms with Gasteiger partial charge in [0, 0.05) is 19.4 Å². The van der Waals surface area contributed by atoms with Gasteiger partial charge in [-0.1, -0.05) is 11.2 Å². The highest BCUT2D eigenvalue weighted by atomic mass is 16.5. The Balaban J connectivity index is 3.20. The molecule has 96 valence electrons. The van der Waals surface area contributed by atoms with Crippen molar-refractivity contribution in [1.29, 1.82) is 0 Å². The second-order valence-electron chi connectivity index (χ2n) is 3.60. The van der Waals surface area contributed by atoms with E-state index >= 15 is 0 Å². The van der Waals surface area contributed by atoms with Crippen molar-refractivity contribution in [1.82, 2.24) is 0 Å². The van der Waals surface area contributed by atoms with E-state index in [0.717, 1.165) is 0 Å². The first-order valence-electron chi connectivity index (χ1n) is 5.18. The number of methoxy groups -OCH3 is 1. The number of benzene rings is 1. The van der Waals surface area contributed by atoms with Gasteiger partial charge < -0.3 is 15.3 Å². The van der Waals surface area contributed by atoms with Gasteiger partial charge in [0.05, 0.1) is 12.8 Å². The first kappa shape index (κ1) is 13.7. The van der Waals surface area contributed by atoms with Gasteiger partial charge in [-0.05, 0) is 12.1 Å². The van der Waals surface area contributed by atoms with Crippen molar-refractivity contribution in [2.75, 3.05) is 12.4 Å². The summed E-state index contributed by atoms with van der Waals surface area (Å²) < 4.78 is 5.10. The van der Waals surface area contributed by atoms with Gasteiger partial charge in [-0.3, -0.25) is 9.59 Å². The van der Waals surface area contributed by atoms with Crippen LogP contribution in [-0.4, -0.2) is 29.7 Å². The van der Waals surface area contributed by atoms with Crippen LogP contribution in [0.25, 0.3) is 0 Å². The Morgan fingerprint density at radius 2 is 2.00 bits per heavy atom. The molecule has 0 aliphatic rings. The molecule has 0 fully saturated rings. The number of anilines is 1. The lowest BCUT2D eigenvalue weighted by molar-refractivity contribution is -0.114. The highest BCUT2D eigenvalue weighted by Gasteiger charge is 2.13. The molecule has 0 saturated carbocycles. The van der Waals surface area contributed by atoms with Gasteiger partial charge in [-0.25, -0.2) is 0 Å². The lowest BCUT2D eigenvalue weighted by Gasteiger charge is -2.10. The predicted molar refractivity (Wildman–Crippen MR) is 66.3 cm³/mol. The molecule has 6 nitrogen and oxygen atoms in total. The average molecular weight is 250 g/mol. The van der Waals surface area contributed by atoms with Gasteiger partial charge >= 0.3 is 0 Å². The molecule has 1 aromatic rings. The standard InChI is InChI=1S/C12H14N2O4/c1-7(15)12(14-17)9-4-5-10(13-8(2)16)11(6-9)18-3/h4-6,17H,1-3H3,(H,13,16). The summed E-state index contributed by atoms with van der Waals surface area (Å²) in [5.41, 5.74) is 0.827. The number of hydrogen-bond acceptors (Lipinski definition) is 5. The number of rotatable bonds is 4. The quantitative estimate of drug-likeness (QED) is 0.480. The maximum atomic E-state index is 11.2. The molecule has 1 rings (SSSR count). The van der Waals surface area contributed by atoms with Crippen molar-refractivity contribution in [3.8, 4) is 5.75 Å². The van der Waals surface area contributed by atoms with E-state index in [1.54, 1.807) is 12.1 Å². The average Bonchev–Trinajstić information content (AvgIpc) is 2.30.